The molecule has 0 aliphatic heterocycles. The molecule has 0 aliphatic rings. The van der Waals surface area contributed by atoms with E-state index in [1.54, 1.807) is 0 Å². The third-order valence-corrected chi connectivity index (χ3v) is 10.9. The number of para-hydroxylation sites is 5. The number of hydrogen-bond donors (Lipinski definition) is 0. The van der Waals surface area contributed by atoms with Crippen molar-refractivity contribution >= 4 is 71.7 Å². The van der Waals surface area contributed by atoms with Crippen molar-refractivity contribution in [2.45, 2.75) is 0 Å². The molecule has 2 aromatic heterocycles. The summed E-state index contributed by atoms with van der Waals surface area (Å²) < 4.78 is 12.7. The Labute approximate surface area is 317 Å². The molecule has 0 saturated carbocycles. The topological polar surface area (TPSA) is 29.5 Å². The van der Waals surface area contributed by atoms with Gasteiger partial charge in [-0.2, -0.15) is 0 Å². The summed E-state index contributed by atoms with van der Waals surface area (Å²) in [5.41, 5.74) is 13.6. The molecule has 3 heteroatoms. The molecule has 0 fully saturated rings. The van der Waals surface area contributed by atoms with E-state index in [2.05, 4.69) is 181 Å². The maximum atomic E-state index is 6.45. The molecule has 0 unspecified atom stereocenters. The average Bonchev–Trinajstić information content (AvgIpc) is 3.83. The number of fused-ring (bicyclic) bond motifs is 7. The van der Waals surface area contributed by atoms with Gasteiger partial charge in [0.15, 0.2) is 0 Å². The Morgan fingerprint density at radius 2 is 0.836 bits per heavy atom. The third kappa shape index (κ3) is 5.13. The normalized spacial score (nSPS) is 11.6. The lowest BCUT2D eigenvalue weighted by molar-refractivity contribution is 0.669. The second kappa shape index (κ2) is 12.6. The molecule has 0 atom stereocenters. The van der Waals surface area contributed by atoms with Crippen LogP contribution in [0.2, 0.25) is 0 Å². The van der Waals surface area contributed by atoms with Crippen LogP contribution in [0.5, 0.6) is 0 Å². The molecule has 0 N–H and O–H groups in total. The van der Waals surface area contributed by atoms with Crippen molar-refractivity contribution in [2.75, 3.05) is 4.90 Å². The van der Waals surface area contributed by atoms with Gasteiger partial charge in [0.25, 0.3) is 0 Å². The van der Waals surface area contributed by atoms with Crippen molar-refractivity contribution in [3.8, 4) is 33.4 Å². The van der Waals surface area contributed by atoms with Gasteiger partial charge in [0, 0.05) is 43.9 Å². The van der Waals surface area contributed by atoms with Crippen LogP contribution in [-0.4, -0.2) is 0 Å². The van der Waals surface area contributed by atoms with Crippen LogP contribution in [0.15, 0.2) is 209 Å². The molecule has 11 aromatic rings. The zero-order chi connectivity index (χ0) is 36.3. The summed E-state index contributed by atoms with van der Waals surface area (Å²) in [5, 5.41) is 6.91. The molecule has 0 bridgehead atoms. The lowest BCUT2D eigenvalue weighted by Crippen LogP contribution is -2.12. The van der Waals surface area contributed by atoms with E-state index in [4.69, 9.17) is 8.83 Å². The molecule has 3 nitrogen and oxygen atoms in total. The number of rotatable bonds is 6. The minimum absolute atomic E-state index is 0.885. The maximum absolute atomic E-state index is 6.45. The number of hydrogen-bond acceptors (Lipinski definition) is 3. The zero-order valence-electron chi connectivity index (χ0n) is 29.8. The number of furan rings is 2. The number of anilines is 3. The van der Waals surface area contributed by atoms with E-state index in [1.807, 2.05) is 24.3 Å². The van der Waals surface area contributed by atoms with E-state index in [1.165, 1.54) is 16.3 Å². The minimum Gasteiger partial charge on any atom is -0.456 e. The SMILES string of the molecule is c1ccc(N(c2ccc(-c3cccc4c3oc3ccccc34)cc2)c2ccccc2-c2cccc3ccccc23)c(-c2ccc3oc4ccccc4c3c2)c1. The summed E-state index contributed by atoms with van der Waals surface area (Å²) in [5.74, 6) is 0. The molecular weight excluding hydrogens is 671 g/mol. The van der Waals surface area contributed by atoms with Crippen LogP contribution in [-0.2, 0) is 0 Å². The van der Waals surface area contributed by atoms with Crippen LogP contribution in [0, 0.1) is 0 Å². The van der Waals surface area contributed by atoms with E-state index < -0.39 is 0 Å². The van der Waals surface area contributed by atoms with Gasteiger partial charge in [-0.15, -0.1) is 0 Å². The van der Waals surface area contributed by atoms with Crippen LogP contribution in [0.25, 0.3) is 88.0 Å². The highest BCUT2D eigenvalue weighted by atomic mass is 16.3. The number of nitrogens with zero attached hydrogens (tertiary/aromatic N) is 1. The molecule has 0 radical (unpaired) electrons. The van der Waals surface area contributed by atoms with Crippen molar-refractivity contribution in [2.24, 2.45) is 0 Å². The fraction of sp³-hybridized carbons (Fsp3) is 0. The van der Waals surface area contributed by atoms with E-state index in [-0.39, 0.29) is 0 Å². The summed E-state index contributed by atoms with van der Waals surface area (Å²) in [6.07, 6.45) is 0. The quantitative estimate of drug-likeness (QED) is 0.173. The monoisotopic (exact) mass is 703 g/mol. The van der Waals surface area contributed by atoms with Gasteiger partial charge < -0.3 is 13.7 Å². The molecule has 2 heterocycles. The van der Waals surface area contributed by atoms with Gasteiger partial charge >= 0.3 is 0 Å². The minimum atomic E-state index is 0.885. The molecule has 0 spiro atoms. The lowest BCUT2D eigenvalue weighted by Gasteiger charge is -2.30. The van der Waals surface area contributed by atoms with Crippen molar-refractivity contribution in [1.82, 2.24) is 0 Å². The van der Waals surface area contributed by atoms with Gasteiger partial charge in [-0.1, -0.05) is 152 Å². The second-order valence-corrected chi connectivity index (χ2v) is 14.0. The zero-order valence-corrected chi connectivity index (χ0v) is 29.8. The van der Waals surface area contributed by atoms with Crippen LogP contribution in [0.4, 0.5) is 17.1 Å². The fourth-order valence-corrected chi connectivity index (χ4v) is 8.34. The van der Waals surface area contributed by atoms with Crippen LogP contribution in [0.3, 0.4) is 0 Å². The highest BCUT2D eigenvalue weighted by molar-refractivity contribution is 6.10. The molecule has 0 amide bonds. The molecule has 258 valence electrons. The van der Waals surface area contributed by atoms with Gasteiger partial charge in [0.05, 0.1) is 11.4 Å². The highest BCUT2D eigenvalue weighted by Crippen LogP contribution is 2.47. The lowest BCUT2D eigenvalue weighted by atomic mass is 9.95. The summed E-state index contributed by atoms with van der Waals surface area (Å²) >= 11 is 0. The van der Waals surface area contributed by atoms with Gasteiger partial charge in [-0.3, -0.25) is 0 Å². The molecule has 0 saturated heterocycles. The maximum Gasteiger partial charge on any atom is 0.143 e. The predicted octanol–water partition coefficient (Wildman–Crippen LogP) is 15.1. The molecular formula is C52H33NO2. The Balaban J connectivity index is 1.12. The van der Waals surface area contributed by atoms with Crippen LogP contribution < -0.4 is 4.90 Å². The van der Waals surface area contributed by atoms with E-state index >= 15 is 0 Å². The molecule has 9 aromatic carbocycles. The first kappa shape index (κ1) is 31.2. The largest absolute Gasteiger partial charge is 0.456 e. The van der Waals surface area contributed by atoms with Crippen LogP contribution >= 0.6 is 0 Å². The van der Waals surface area contributed by atoms with Crippen molar-refractivity contribution < 1.29 is 8.83 Å². The smallest absolute Gasteiger partial charge is 0.143 e. The van der Waals surface area contributed by atoms with Gasteiger partial charge in [0.1, 0.15) is 22.3 Å². The first-order valence-corrected chi connectivity index (χ1v) is 18.7. The Morgan fingerprint density at radius 1 is 0.309 bits per heavy atom. The average molecular weight is 704 g/mol. The van der Waals surface area contributed by atoms with Gasteiger partial charge in [0.2, 0.25) is 0 Å². The highest BCUT2D eigenvalue weighted by Gasteiger charge is 2.22. The summed E-state index contributed by atoms with van der Waals surface area (Å²) in [7, 11) is 0. The summed E-state index contributed by atoms with van der Waals surface area (Å²) in [6, 6.07) is 71.1. The molecule has 0 aliphatic carbocycles. The standard InChI is InChI=1S/C52H33NO2/c1-2-15-38-34(13-1)14-11-21-41(38)42-17-4-8-24-48(42)53(37-30-27-35(28-31-37)40-20-12-22-45-43-18-5-10-26-50(43)55-52(40)45)47-23-7-3-16-39(47)36-29-32-51-46(33-36)44-19-6-9-25-49(44)54-51/h1-33H. The van der Waals surface area contributed by atoms with Crippen molar-refractivity contribution in [3.63, 3.8) is 0 Å². The van der Waals surface area contributed by atoms with E-state index in [9.17, 15) is 0 Å². The van der Waals surface area contributed by atoms with E-state index in [0.29, 0.717) is 0 Å². The molecule has 11 rings (SSSR count). The third-order valence-electron chi connectivity index (χ3n) is 10.9. The molecule has 55 heavy (non-hydrogen) atoms. The van der Waals surface area contributed by atoms with Crippen LogP contribution in [0.1, 0.15) is 0 Å². The summed E-state index contributed by atoms with van der Waals surface area (Å²) in [4.78, 5) is 2.41. The fourth-order valence-electron chi connectivity index (χ4n) is 8.34. The first-order chi connectivity index (χ1) is 27.3. The predicted molar refractivity (Wildman–Crippen MR) is 229 cm³/mol. The van der Waals surface area contributed by atoms with Crippen molar-refractivity contribution in [1.29, 1.82) is 0 Å². The van der Waals surface area contributed by atoms with Gasteiger partial charge in [-0.25, -0.2) is 0 Å². The Hall–Kier alpha value is -7.36. The Morgan fingerprint density at radius 3 is 1.65 bits per heavy atom. The van der Waals surface area contributed by atoms with E-state index in [0.717, 1.165) is 88.8 Å². The Kier molecular flexibility index (Phi) is 7.17. The van der Waals surface area contributed by atoms with Crippen molar-refractivity contribution in [3.05, 3.63) is 200 Å². The van der Waals surface area contributed by atoms with Gasteiger partial charge in [-0.05, 0) is 76.0 Å². The second-order valence-electron chi connectivity index (χ2n) is 14.0. The summed E-state index contributed by atoms with van der Waals surface area (Å²) in [6.45, 7) is 0. The first-order valence-electron chi connectivity index (χ1n) is 18.7. The Bertz CT molecular complexity index is 3220. The number of benzene rings is 9.